The first-order valence-corrected chi connectivity index (χ1v) is 8.26. The Kier molecular flexibility index (Phi) is 5.69. The fourth-order valence-corrected chi connectivity index (χ4v) is 3.36. The zero-order valence-corrected chi connectivity index (χ0v) is 14.3. The van der Waals surface area contributed by atoms with E-state index in [0.29, 0.717) is 26.2 Å². The molecule has 0 radical (unpaired) electrons. The number of likely N-dealkylation sites (N-methyl/N-ethyl adjacent to an activating group) is 2. The molecule has 1 aromatic carbocycles. The summed E-state index contributed by atoms with van der Waals surface area (Å²) < 4.78 is 1.19. The smallest absolute Gasteiger partial charge is 0.237 e. The van der Waals surface area contributed by atoms with Gasteiger partial charge in [0.25, 0.3) is 0 Å². The highest BCUT2D eigenvalue weighted by Gasteiger charge is 2.15. The van der Waals surface area contributed by atoms with E-state index in [0.717, 1.165) is 16.1 Å². The van der Waals surface area contributed by atoms with Crippen molar-refractivity contribution in [3.63, 3.8) is 0 Å². The predicted octanol–water partition coefficient (Wildman–Crippen LogP) is 3.15. The molecular weight excluding hydrogens is 294 g/mol. The number of aromatic nitrogens is 1. The Bertz CT molecular complexity index is 632. The summed E-state index contributed by atoms with van der Waals surface area (Å²) >= 11 is 1.69. The summed E-state index contributed by atoms with van der Waals surface area (Å²) in [5.74, 6) is 0.133. The largest absolute Gasteiger partial charge is 0.338 e. The summed E-state index contributed by atoms with van der Waals surface area (Å²) in [7, 11) is 1.96. The number of hydrogen-bond donors (Lipinski definition) is 0. The van der Waals surface area contributed by atoms with E-state index >= 15 is 0 Å². The monoisotopic (exact) mass is 317 g/mol. The van der Waals surface area contributed by atoms with Gasteiger partial charge in [0.2, 0.25) is 5.91 Å². The first-order valence-electron chi connectivity index (χ1n) is 7.44. The lowest BCUT2D eigenvalue weighted by Crippen LogP contribution is -2.39. The standard InChI is InChI=1S/C17H23N3OS/c1-5-20(10-13(2)3)17(21)12-19(4)11-16-18-14-8-6-7-9-15(14)22-16/h6-9H,2,5,10-12H2,1,3-4H3. The molecule has 1 heterocycles. The number of carbonyl (C=O) groups is 1. The first kappa shape index (κ1) is 16.6. The third-order valence-corrected chi connectivity index (χ3v) is 4.36. The van der Waals surface area contributed by atoms with Gasteiger partial charge in [0.1, 0.15) is 5.01 Å². The molecule has 118 valence electrons. The lowest BCUT2D eigenvalue weighted by atomic mass is 10.3. The van der Waals surface area contributed by atoms with Crippen molar-refractivity contribution in [1.29, 1.82) is 0 Å². The van der Waals surface area contributed by atoms with Gasteiger partial charge in [-0.2, -0.15) is 0 Å². The molecule has 0 N–H and O–H groups in total. The van der Waals surface area contributed by atoms with Crippen molar-refractivity contribution >= 4 is 27.5 Å². The topological polar surface area (TPSA) is 36.4 Å². The molecule has 0 aliphatic rings. The second-order valence-electron chi connectivity index (χ2n) is 5.61. The minimum Gasteiger partial charge on any atom is -0.338 e. The fourth-order valence-electron chi connectivity index (χ4n) is 2.31. The van der Waals surface area contributed by atoms with Crippen LogP contribution in [-0.2, 0) is 11.3 Å². The molecule has 0 atom stereocenters. The van der Waals surface area contributed by atoms with Crippen LogP contribution in [0.25, 0.3) is 10.2 Å². The van der Waals surface area contributed by atoms with Crippen LogP contribution >= 0.6 is 11.3 Å². The highest BCUT2D eigenvalue weighted by atomic mass is 32.1. The molecule has 0 spiro atoms. The SMILES string of the molecule is C=C(C)CN(CC)C(=O)CN(C)Cc1nc2ccccc2s1. The van der Waals surface area contributed by atoms with E-state index in [1.807, 2.05) is 48.9 Å². The molecule has 5 heteroatoms. The molecule has 0 saturated heterocycles. The van der Waals surface area contributed by atoms with Gasteiger partial charge in [-0.1, -0.05) is 24.3 Å². The van der Waals surface area contributed by atoms with Crippen molar-refractivity contribution in [2.45, 2.75) is 20.4 Å². The maximum absolute atomic E-state index is 12.3. The third kappa shape index (κ3) is 4.39. The van der Waals surface area contributed by atoms with E-state index in [2.05, 4.69) is 17.6 Å². The molecule has 4 nitrogen and oxygen atoms in total. The summed E-state index contributed by atoms with van der Waals surface area (Å²) in [5, 5.41) is 1.04. The van der Waals surface area contributed by atoms with Gasteiger partial charge >= 0.3 is 0 Å². The molecule has 0 aliphatic heterocycles. The minimum absolute atomic E-state index is 0.133. The van der Waals surface area contributed by atoms with E-state index in [4.69, 9.17) is 0 Å². The van der Waals surface area contributed by atoms with Gasteiger partial charge in [0, 0.05) is 13.1 Å². The highest BCUT2D eigenvalue weighted by molar-refractivity contribution is 7.18. The van der Waals surface area contributed by atoms with Crippen LogP contribution in [-0.4, -0.2) is 47.4 Å². The highest BCUT2D eigenvalue weighted by Crippen LogP contribution is 2.22. The number of nitrogens with zero attached hydrogens (tertiary/aromatic N) is 3. The molecule has 0 bridgehead atoms. The number of fused-ring (bicyclic) bond motifs is 1. The summed E-state index contributed by atoms with van der Waals surface area (Å²) in [6, 6.07) is 8.11. The van der Waals surface area contributed by atoms with E-state index in [-0.39, 0.29) is 5.91 Å². The number of benzene rings is 1. The maximum atomic E-state index is 12.3. The summed E-state index contributed by atoms with van der Waals surface area (Å²) in [6.07, 6.45) is 0. The lowest BCUT2D eigenvalue weighted by molar-refractivity contribution is -0.131. The average molecular weight is 317 g/mol. The number of rotatable bonds is 7. The fraction of sp³-hybridized carbons (Fsp3) is 0.412. The number of hydrogen-bond acceptors (Lipinski definition) is 4. The molecule has 2 rings (SSSR count). The van der Waals surface area contributed by atoms with Gasteiger partial charge < -0.3 is 4.90 Å². The van der Waals surface area contributed by atoms with Crippen molar-refractivity contribution in [1.82, 2.24) is 14.8 Å². The van der Waals surface area contributed by atoms with Crippen LogP contribution in [0.3, 0.4) is 0 Å². The second-order valence-corrected chi connectivity index (χ2v) is 6.73. The van der Waals surface area contributed by atoms with Crippen molar-refractivity contribution in [3.05, 3.63) is 41.4 Å². The second kappa shape index (κ2) is 7.51. The summed E-state index contributed by atoms with van der Waals surface area (Å²) in [4.78, 5) is 20.8. The van der Waals surface area contributed by atoms with Gasteiger partial charge in [0.15, 0.2) is 0 Å². The third-order valence-electron chi connectivity index (χ3n) is 3.34. The number of thiazole rings is 1. The molecule has 1 aromatic heterocycles. The van der Waals surface area contributed by atoms with E-state index < -0.39 is 0 Å². The Morgan fingerprint density at radius 3 is 2.68 bits per heavy atom. The van der Waals surface area contributed by atoms with Crippen molar-refractivity contribution in [2.24, 2.45) is 0 Å². The summed E-state index contributed by atoms with van der Waals surface area (Å²) in [5.41, 5.74) is 2.03. The van der Waals surface area contributed by atoms with Gasteiger partial charge in [-0.15, -0.1) is 11.3 Å². The maximum Gasteiger partial charge on any atom is 0.237 e. The lowest BCUT2D eigenvalue weighted by Gasteiger charge is -2.24. The molecule has 0 unspecified atom stereocenters. The Hall–Kier alpha value is -1.72. The molecule has 0 aliphatic carbocycles. The van der Waals surface area contributed by atoms with Crippen LogP contribution in [0.15, 0.2) is 36.4 Å². The number of amides is 1. The van der Waals surface area contributed by atoms with Crippen LogP contribution in [0, 0.1) is 0 Å². The van der Waals surface area contributed by atoms with Crippen molar-refractivity contribution in [3.8, 4) is 0 Å². The van der Waals surface area contributed by atoms with Crippen molar-refractivity contribution in [2.75, 3.05) is 26.7 Å². The van der Waals surface area contributed by atoms with Gasteiger partial charge in [-0.25, -0.2) is 4.98 Å². The number of carbonyl (C=O) groups excluding carboxylic acids is 1. The van der Waals surface area contributed by atoms with Gasteiger partial charge in [-0.05, 0) is 33.0 Å². The van der Waals surface area contributed by atoms with Crippen molar-refractivity contribution < 1.29 is 4.79 Å². The normalized spacial score (nSPS) is 11.1. The van der Waals surface area contributed by atoms with E-state index in [9.17, 15) is 4.79 Å². The molecule has 22 heavy (non-hydrogen) atoms. The Balaban J connectivity index is 1.95. The minimum atomic E-state index is 0.133. The van der Waals surface area contributed by atoms with Crippen LogP contribution in [0.1, 0.15) is 18.9 Å². The van der Waals surface area contributed by atoms with Crippen LogP contribution < -0.4 is 0 Å². The van der Waals surface area contributed by atoms with E-state index in [1.54, 1.807) is 11.3 Å². The average Bonchev–Trinajstić information content (AvgIpc) is 2.86. The molecule has 1 amide bonds. The molecular formula is C17H23N3OS. The Morgan fingerprint density at radius 2 is 2.05 bits per heavy atom. The number of para-hydroxylation sites is 1. The van der Waals surface area contributed by atoms with Gasteiger partial charge in [-0.3, -0.25) is 9.69 Å². The Labute approximate surface area is 136 Å². The van der Waals surface area contributed by atoms with Crippen LogP contribution in [0.5, 0.6) is 0 Å². The van der Waals surface area contributed by atoms with Gasteiger partial charge in [0.05, 0.1) is 23.3 Å². The molecule has 0 saturated carbocycles. The predicted molar refractivity (Wildman–Crippen MR) is 93.0 cm³/mol. The zero-order chi connectivity index (χ0) is 16.1. The molecule has 0 fully saturated rings. The first-order chi connectivity index (χ1) is 10.5. The van der Waals surface area contributed by atoms with E-state index in [1.165, 1.54) is 4.70 Å². The van der Waals surface area contributed by atoms with Crippen LogP contribution in [0.4, 0.5) is 0 Å². The quantitative estimate of drug-likeness (QED) is 0.736. The summed E-state index contributed by atoms with van der Waals surface area (Å²) in [6.45, 7) is 10.2. The zero-order valence-electron chi connectivity index (χ0n) is 13.5. The molecule has 2 aromatic rings. The van der Waals surface area contributed by atoms with Crippen LogP contribution in [0.2, 0.25) is 0 Å². The Morgan fingerprint density at radius 1 is 1.32 bits per heavy atom.